The molecular formula is C23H29N3O. The van der Waals surface area contributed by atoms with Gasteiger partial charge in [-0.15, -0.1) is 0 Å². The summed E-state index contributed by atoms with van der Waals surface area (Å²) in [6, 6.07) is 14.4. The minimum absolute atomic E-state index is 0.160. The number of benzene rings is 1. The molecule has 1 saturated carbocycles. The van der Waals surface area contributed by atoms with Crippen molar-refractivity contribution in [2.45, 2.75) is 56.9 Å². The molecule has 2 aliphatic rings. The molecule has 0 radical (unpaired) electrons. The van der Waals surface area contributed by atoms with Gasteiger partial charge in [0, 0.05) is 25.8 Å². The maximum atomic E-state index is 13.0. The molecule has 1 aliphatic heterocycles. The van der Waals surface area contributed by atoms with Crippen LogP contribution in [0.1, 0.15) is 56.1 Å². The molecule has 2 fully saturated rings. The molecule has 0 unspecified atom stereocenters. The van der Waals surface area contributed by atoms with E-state index in [9.17, 15) is 4.79 Å². The third-order valence-corrected chi connectivity index (χ3v) is 6.16. The van der Waals surface area contributed by atoms with Gasteiger partial charge in [0.2, 0.25) is 5.91 Å². The zero-order valence-corrected chi connectivity index (χ0v) is 16.0. The summed E-state index contributed by atoms with van der Waals surface area (Å²) in [5.41, 5.74) is 1.94. The predicted octanol–water partition coefficient (Wildman–Crippen LogP) is 4.20. The minimum atomic E-state index is -0.331. The predicted molar refractivity (Wildman–Crippen MR) is 109 cm³/mol. The largest absolute Gasteiger partial charge is 0.357 e. The van der Waals surface area contributed by atoms with E-state index in [-0.39, 0.29) is 11.3 Å². The van der Waals surface area contributed by atoms with Gasteiger partial charge in [0.25, 0.3) is 0 Å². The van der Waals surface area contributed by atoms with Gasteiger partial charge in [-0.05, 0) is 48.9 Å². The molecule has 142 valence electrons. The maximum absolute atomic E-state index is 13.0. The number of nitrogens with one attached hydrogen (secondary N) is 1. The van der Waals surface area contributed by atoms with Gasteiger partial charge in [-0.25, -0.2) is 4.98 Å². The number of rotatable bonds is 5. The van der Waals surface area contributed by atoms with E-state index in [1.807, 2.05) is 30.5 Å². The molecule has 1 aliphatic carbocycles. The number of carbonyl (C=O) groups excluding carboxylic acids is 1. The second-order valence-corrected chi connectivity index (χ2v) is 7.91. The fourth-order valence-electron chi connectivity index (χ4n) is 4.33. The van der Waals surface area contributed by atoms with Gasteiger partial charge in [-0.2, -0.15) is 0 Å². The van der Waals surface area contributed by atoms with Gasteiger partial charge in [0.1, 0.15) is 5.82 Å². The summed E-state index contributed by atoms with van der Waals surface area (Å²) in [6.45, 7) is 2.73. The number of nitrogens with zero attached hydrogens (tertiary/aromatic N) is 2. The van der Waals surface area contributed by atoms with Crippen LogP contribution in [0.5, 0.6) is 0 Å². The van der Waals surface area contributed by atoms with Crippen molar-refractivity contribution in [2.75, 3.05) is 18.0 Å². The number of hydrogen-bond acceptors (Lipinski definition) is 3. The van der Waals surface area contributed by atoms with Crippen LogP contribution in [-0.4, -0.2) is 24.0 Å². The highest BCUT2D eigenvalue weighted by Crippen LogP contribution is 2.43. The fourth-order valence-corrected chi connectivity index (χ4v) is 4.33. The van der Waals surface area contributed by atoms with Gasteiger partial charge < -0.3 is 10.2 Å². The number of pyridine rings is 1. The van der Waals surface area contributed by atoms with Crippen molar-refractivity contribution >= 4 is 11.7 Å². The van der Waals surface area contributed by atoms with Crippen molar-refractivity contribution in [1.29, 1.82) is 0 Å². The van der Waals surface area contributed by atoms with Crippen LogP contribution in [0.25, 0.3) is 0 Å². The third kappa shape index (κ3) is 3.85. The van der Waals surface area contributed by atoms with Crippen LogP contribution in [0.2, 0.25) is 0 Å². The van der Waals surface area contributed by atoms with Crippen LogP contribution >= 0.6 is 0 Å². The van der Waals surface area contributed by atoms with Crippen molar-refractivity contribution in [3.05, 3.63) is 59.8 Å². The molecule has 1 saturated heterocycles. The first-order chi connectivity index (χ1) is 13.3. The van der Waals surface area contributed by atoms with Gasteiger partial charge in [0.15, 0.2) is 0 Å². The number of amides is 1. The summed E-state index contributed by atoms with van der Waals surface area (Å²) in [4.78, 5) is 20.0. The Hall–Kier alpha value is -2.36. The Bertz CT molecular complexity index is 762. The zero-order valence-electron chi connectivity index (χ0n) is 16.0. The van der Waals surface area contributed by atoms with Crippen LogP contribution in [-0.2, 0) is 16.8 Å². The summed E-state index contributed by atoms with van der Waals surface area (Å²) in [7, 11) is 0. The number of carbonyl (C=O) groups is 1. The molecule has 0 spiro atoms. The normalized spacial score (nSPS) is 19.0. The molecule has 1 amide bonds. The second kappa shape index (κ2) is 8.12. The van der Waals surface area contributed by atoms with E-state index in [2.05, 4.69) is 33.4 Å². The van der Waals surface area contributed by atoms with Crippen molar-refractivity contribution in [1.82, 2.24) is 10.3 Å². The minimum Gasteiger partial charge on any atom is -0.357 e. The molecule has 4 nitrogen and oxygen atoms in total. The summed E-state index contributed by atoms with van der Waals surface area (Å²) in [5.74, 6) is 1.21. The Morgan fingerprint density at radius 1 is 1.00 bits per heavy atom. The topological polar surface area (TPSA) is 45.2 Å². The lowest BCUT2D eigenvalue weighted by Crippen LogP contribution is -2.48. The van der Waals surface area contributed by atoms with E-state index in [0.29, 0.717) is 6.54 Å². The first-order valence-corrected chi connectivity index (χ1v) is 10.3. The number of hydrogen-bond donors (Lipinski definition) is 1. The molecule has 1 N–H and O–H groups in total. The van der Waals surface area contributed by atoms with Gasteiger partial charge in [-0.3, -0.25) is 4.79 Å². The third-order valence-electron chi connectivity index (χ3n) is 6.16. The Morgan fingerprint density at radius 3 is 2.41 bits per heavy atom. The van der Waals surface area contributed by atoms with Crippen molar-refractivity contribution in [2.24, 2.45) is 0 Å². The zero-order chi connectivity index (χ0) is 18.5. The quantitative estimate of drug-likeness (QED) is 0.866. The lowest BCUT2D eigenvalue weighted by Gasteiger charge is -2.40. The second-order valence-electron chi connectivity index (χ2n) is 7.91. The molecule has 4 rings (SSSR count). The average Bonchev–Trinajstić information content (AvgIpc) is 2.96. The fraction of sp³-hybridized carbons (Fsp3) is 0.478. The standard InChI is InChI=1S/C23H29N3O/c27-22(23(12-8-13-23)20-9-4-3-5-10-20)25-18-19-11-14-24-21(17-19)26-15-6-1-2-7-16-26/h3-5,9-11,14,17H,1-2,6-8,12-13,15-16,18H2,(H,25,27). The highest BCUT2D eigenvalue weighted by molar-refractivity contribution is 5.89. The highest BCUT2D eigenvalue weighted by atomic mass is 16.2. The first-order valence-electron chi connectivity index (χ1n) is 10.3. The molecular weight excluding hydrogens is 334 g/mol. The Morgan fingerprint density at radius 2 is 1.74 bits per heavy atom. The maximum Gasteiger partial charge on any atom is 0.230 e. The number of anilines is 1. The van der Waals surface area contributed by atoms with Crippen molar-refractivity contribution < 1.29 is 4.79 Å². The Balaban J connectivity index is 1.42. The molecule has 4 heteroatoms. The molecule has 0 atom stereocenters. The van der Waals surface area contributed by atoms with Gasteiger partial charge >= 0.3 is 0 Å². The summed E-state index contributed by atoms with van der Waals surface area (Å²) in [6.07, 6.45) is 9.98. The van der Waals surface area contributed by atoms with Crippen LogP contribution < -0.4 is 10.2 Å². The molecule has 0 bridgehead atoms. The lowest BCUT2D eigenvalue weighted by atomic mass is 9.64. The monoisotopic (exact) mass is 363 g/mol. The Kier molecular flexibility index (Phi) is 5.42. The van der Waals surface area contributed by atoms with E-state index < -0.39 is 0 Å². The molecule has 2 aromatic rings. The molecule has 27 heavy (non-hydrogen) atoms. The van der Waals surface area contributed by atoms with E-state index in [4.69, 9.17) is 0 Å². The van der Waals surface area contributed by atoms with Gasteiger partial charge in [-0.1, -0.05) is 49.6 Å². The SMILES string of the molecule is O=C(NCc1ccnc(N2CCCCCC2)c1)C1(c2ccccc2)CCC1. The van der Waals surface area contributed by atoms with Gasteiger partial charge in [0.05, 0.1) is 5.41 Å². The van der Waals surface area contributed by atoms with Crippen molar-refractivity contribution in [3.8, 4) is 0 Å². The van der Waals surface area contributed by atoms with Crippen LogP contribution in [0, 0.1) is 0 Å². The van der Waals surface area contributed by atoms with Crippen molar-refractivity contribution in [3.63, 3.8) is 0 Å². The number of aromatic nitrogens is 1. The van der Waals surface area contributed by atoms with E-state index in [1.165, 1.54) is 25.7 Å². The average molecular weight is 364 g/mol. The summed E-state index contributed by atoms with van der Waals surface area (Å²) < 4.78 is 0. The smallest absolute Gasteiger partial charge is 0.230 e. The molecule has 1 aromatic carbocycles. The van der Waals surface area contributed by atoms with E-state index in [0.717, 1.165) is 49.3 Å². The van der Waals surface area contributed by atoms with Crippen LogP contribution in [0.15, 0.2) is 48.7 Å². The molecule has 2 heterocycles. The van der Waals surface area contributed by atoms with Crippen LogP contribution in [0.4, 0.5) is 5.82 Å². The molecule has 1 aromatic heterocycles. The first kappa shape index (κ1) is 18.0. The lowest BCUT2D eigenvalue weighted by molar-refractivity contribution is -0.130. The van der Waals surface area contributed by atoms with Crippen LogP contribution in [0.3, 0.4) is 0 Å². The van der Waals surface area contributed by atoms with E-state index in [1.54, 1.807) is 0 Å². The van der Waals surface area contributed by atoms with E-state index >= 15 is 0 Å². The summed E-state index contributed by atoms with van der Waals surface area (Å²) >= 11 is 0. The Labute approximate surface area is 162 Å². The summed E-state index contributed by atoms with van der Waals surface area (Å²) in [5, 5.41) is 3.20. The highest BCUT2D eigenvalue weighted by Gasteiger charge is 2.45.